The maximum absolute atomic E-state index is 9.91. The van der Waals surface area contributed by atoms with Crippen LogP contribution in [0.25, 0.3) is 0 Å². The predicted octanol–water partition coefficient (Wildman–Crippen LogP) is 0.958. The van der Waals surface area contributed by atoms with E-state index in [0.717, 1.165) is 26.2 Å². The molecule has 0 aliphatic carbocycles. The monoisotopic (exact) mass is 247 g/mol. The molecular weight excluding hydrogens is 230 g/mol. The molecule has 1 heterocycles. The zero-order valence-corrected chi connectivity index (χ0v) is 10.1. The highest BCUT2D eigenvalue weighted by Gasteiger charge is 2.24. The standard InChI is InChI=1S/C13H17N3O2/c14-4-3-12(16-7-5-15-6-8-16)11-2-1-10(17)9-13(11)18/h1-2,9,12,15,17-18H,3,5-8H2/t12-/m0/s1. The van der Waals surface area contributed by atoms with Gasteiger partial charge in [0.05, 0.1) is 18.5 Å². The Hall–Kier alpha value is -1.77. The number of nitriles is 1. The third-order valence-corrected chi connectivity index (χ3v) is 3.25. The van der Waals surface area contributed by atoms with Crippen molar-refractivity contribution in [3.05, 3.63) is 23.8 Å². The van der Waals surface area contributed by atoms with Gasteiger partial charge in [-0.3, -0.25) is 4.90 Å². The molecule has 0 amide bonds. The minimum Gasteiger partial charge on any atom is -0.508 e. The summed E-state index contributed by atoms with van der Waals surface area (Å²) >= 11 is 0. The van der Waals surface area contributed by atoms with Gasteiger partial charge in [-0.15, -0.1) is 0 Å². The molecule has 18 heavy (non-hydrogen) atoms. The lowest BCUT2D eigenvalue weighted by atomic mass is 10.0. The molecule has 1 atom stereocenters. The molecule has 0 spiro atoms. The topological polar surface area (TPSA) is 79.5 Å². The zero-order chi connectivity index (χ0) is 13.0. The number of aromatic hydroxyl groups is 2. The van der Waals surface area contributed by atoms with Gasteiger partial charge in [0.25, 0.3) is 0 Å². The summed E-state index contributed by atoms with van der Waals surface area (Å²) < 4.78 is 0. The smallest absolute Gasteiger partial charge is 0.124 e. The molecule has 2 rings (SSSR count). The lowest BCUT2D eigenvalue weighted by molar-refractivity contribution is 0.173. The first-order valence-corrected chi connectivity index (χ1v) is 6.06. The fourth-order valence-electron chi connectivity index (χ4n) is 2.33. The van der Waals surface area contributed by atoms with Crippen LogP contribution in [0.1, 0.15) is 18.0 Å². The largest absolute Gasteiger partial charge is 0.508 e. The van der Waals surface area contributed by atoms with E-state index in [1.54, 1.807) is 12.1 Å². The number of rotatable bonds is 3. The van der Waals surface area contributed by atoms with Crippen molar-refractivity contribution < 1.29 is 10.2 Å². The molecule has 0 unspecified atom stereocenters. The molecule has 3 N–H and O–H groups in total. The lowest BCUT2D eigenvalue weighted by Gasteiger charge is -2.34. The van der Waals surface area contributed by atoms with Crippen LogP contribution >= 0.6 is 0 Å². The van der Waals surface area contributed by atoms with Gasteiger partial charge in [-0.2, -0.15) is 5.26 Å². The van der Waals surface area contributed by atoms with Crippen LogP contribution in [-0.2, 0) is 0 Å². The molecule has 1 aliphatic heterocycles. The first-order chi connectivity index (χ1) is 8.72. The Labute approximate surface area is 106 Å². The highest BCUT2D eigenvalue weighted by atomic mass is 16.3. The molecule has 1 saturated heterocycles. The number of hydrogen-bond acceptors (Lipinski definition) is 5. The van der Waals surface area contributed by atoms with Gasteiger partial charge in [-0.05, 0) is 6.07 Å². The fourth-order valence-corrected chi connectivity index (χ4v) is 2.33. The van der Waals surface area contributed by atoms with Crippen LogP contribution < -0.4 is 5.32 Å². The van der Waals surface area contributed by atoms with Crippen LogP contribution in [-0.4, -0.2) is 41.3 Å². The zero-order valence-electron chi connectivity index (χ0n) is 10.1. The second-order valence-corrected chi connectivity index (χ2v) is 4.41. The maximum Gasteiger partial charge on any atom is 0.124 e. The summed E-state index contributed by atoms with van der Waals surface area (Å²) in [5, 5.41) is 31.4. The van der Waals surface area contributed by atoms with Crippen LogP contribution in [0.3, 0.4) is 0 Å². The number of phenols is 2. The molecule has 1 aromatic rings. The average Bonchev–Trinajstić information content (AvgIpc) is 2.38. The highest BCUT2D eigenvalue weighted by molar-refractivity contribution is 5.41. The minimum atomic E-state index is -0.113. The first-order valence-electron chi connectivity index (χ1n) is 6.06. The molecule has 1 aliphatic rings. The van der Waals surface area contributed by atoms with E-state index in [-0.39, 0.29) is 17.5 Å². The Morgan fingerprint density at radius 1 is 1.33 bits per heavy atom. The molecule has 0 radical (unpaired) electrons. The maximum atomic E-state index is 9.91. The molecular formula is C13H17N3O2. The van der Waals surface area contributed by atoms with E-state index >= 15 is 0 Å². The number of piperazine rings is 1. The molecule has 0 bridgehead atoms. The van der Waals surface area contributed by atoms with Crippen molar-refractivity contribution in [2.24, 2.45) is 0 Å². The van der Waals surface area contributed by atoms with E-state index in [9.17, 15) is 10.2 Å². The van der Waals surface area contributed by atoms with Gasteiger partial charge in [0.1, 0.15) is 11.5 Å². The Kier molecular flexibility index (Phi) is 4.03. The van der Waals surface area contributed by atoms with Gasteiger partial charge in [0, 0.05) is 37.8 Å². The summed E-state index contributed by atoms with van der Waals surface area (Å²) in [6.07, 6.45) is 0.332. The summed E-state index contributed by atoms with van der Waals surface area (Å²) in [5.74, 6) is 0.0843. The predicted molar refractivity (Wildman–Crippen MR) is 67.2 cm³/mol. The van der Waals surface area contributed by atoms with Crippen molar-refractivity contribution in [1.29, 1.82) is 5.26 Å². The third kappa shape index (κ3) is 2.73. The summed E-state index contributed by atoms with van der Waals surface area (Å²) in [4.78, 5) is 2.19. The molecule has 0 saturated carbocycles. The van der Waals surface area contributed by atoms with Crippen molar-refractivity contribution in [3.8, 4) is 17.6 Å². The van der Waals surface area contributed by atoms with Crippen LogP contribution in [0.4, 0.5) is 0 Å². The Morgan fingerprint density at radius 2 is 2.06 bits per heavy atom. The van der Waals surface area contributed by atoms with Gasteiger partial charge in [-0.1, -0.05) is 6.07 Å². The van der Waals surface area contributed by atoms with Crippen molar-refractivity contribution in [2.45, 2.75) is 12.5 Å². The molecule has 96 valence electrons. The number of phenolic OH excluding ortho intramolecular Hbond substituents is 2. The van der Waals surface area contributed by atoms with Crippen molar-refractivity contribution >= 4 is 0 Å². The normalized spacial score (nSPS) is 18.2. The summed E-state index contributed by atoms with van der Waals surface area (Å²) in [5.41, 5.74) is 0.705. The van der Waals surface area contributed by atoms with E-state index in [1.807, 2.05) is 0 Å². The molecule has 0 aromatic heterocycles. The minimum absolute atomic E-state index is 0.0345. The first kappa shape index (κ1) is 12.7. The van der Waals surface area contributed by atoms with Gasteiger partial charge >= 0.3 is 0 Å². The highest BCUT2D eigenvalue weighted by Crippen LogP contribution is 2.33. The summed E-state index contributed by atoms with van der Waals surface area (Å²) in [6.45, 7) is 3.49. The second-order valence-electron chi connectivity index (χ2n) is 4.41. The van der Waals surface area contributed by atoms with E-state index < -0.39 is 0 Å². The molecule has 1 aromatic carbocycles. The van der Waals surface area contributed by atoms with Crippen molar-refractivity contribution in [3.63, 3.8) is 0 Å². The Balaban J connectivity index is 2.25. The van der Waals surface area contributed by atoms with Gasteiger partial charge in [0.15, 0.2) is 0 Å². The Morgan fingerprint density at radius 3 is 2.67 bits per heavy atom. The van der Waals surface area contributed by atoms with Crippen LogP contribution in [0, 0.1) is 11.3 Å². The third-order valence-electron chi connectivity index (χ3n) is 3.25. The molecule has 5 heteroatoms. The molecule has 5 nitrogen and oxygen atoms in total. The number of nitrogens with zero attached hydrogens (tertiary/aromatic N) is 2. The second kappa shape index (κ2) is 5.71. The summed E-state index contributed by atoms with van der Waals surface area (Å²) in [6, 6.07) is 6.61. The van der Waals surface area contributed by atoms with Crippen LogP contribution in [0.15, 0.2) is 18.2 Å². The summed E-state index contributed by atoms with van der Waals surface area (Å²) in [7, 11) is 0. The average molecular weight is 247 g/mol. The van der Waals surface area contributed by atoms with Gasteiger partial charge < -0.3 is 15.5 Å². The van der Waals surface area contributed by atoms with Crippen molar-refractivity contribution in [2.75, 3.05) is 26.2 Å². The van der Waals surface area contributed by atoms with E-state index in [0.29, 0.717) is 12.0 Å². The van der Waals surface area contributed by atoms with Crippen molar-refractivity contribution in [1.82, 2.24) is 10.2 Å². The quantitative estimate of drug-likeness (QED) is 0.741. The number of nitrogens with one attached hydrogen (secondary N) is 1. The van der Waals surface area contributed by atoms with Crippen LogP contribution in [0.5, 0.6) is 11.5 Å². The lowest BCUT2D eigenvalue weighted by Crippen LogP contribution is -2.45. The van der Waals surface area contributed by atoms with E-state index in [2.05, 4.69) is 16.3 Å². The van der Waals surface area contributed by atoms with Crippen LogP contribution in [0.2, 0.25) is 0 Å². The van der Waals surface area contributed by atoms with E-state index in [1.165, 1.54) is 6.07 Å². The van der Waals surface area contributed by atoms with Gasteiger partial charge in [-0.25, -0.2) is 0 Å². The molecule has 1 fully saturated rings. The number of benzene rings is 1. The van der Waals surface area contributed by atoms with E-state index in [4.69, 9.17) is 5.26 Å². The Bertz CT molecular complexity index is 450. The fraction of sp³-hybridized carbons (Fsp3) is 0.462. The van der Waals surface area contributed by atoms with Gasteiger partial charge in [0.2, 0.25) is 0 Å². The number of hydrogen-bond donors (Lipinski definition) is 3. The SMILES string of the molecule is N#CC[C@@H](c1ccc(O)cc1O)N1CCNCC1.